The van der Waals surface area contributed by atoms with E-state index >= 15 is 0 Å². The van der Waals surface area contributed by atoms with Crippen molar-refractivity contribution in [1.29, 1.82) is 0 Å². The van der Waals surface area contributed by atoms with Crippen molar-refractivity contribution in [3.63, 3.8) is 0 Å². The van der Waals surface area contributed by atoms with Crippen LogP contribution in [0.1, 0.15) is 55.2 Å². The average Bonchev–Trinajstić information content (AvgIpc) is 2.61. The van der Waals surface area contributed by atoms with E-state index in [0.29, 0.717) is 0 Å². The van der Waals surface area contributed by atoms with Crippen LogP contribution in [0.25, 0.3) is 0 Å². The van der Waals surface area contributed by atoms with Crippen molar-refractivity contribution < 1.29 is 9.59 Å². The van der Waals surface area contributed by atoms with E-state index in [2.05, 4.69) is 23.6 Å². The molecule has 0 aromatic heterocycles. The average molecular weight is 362 g/mol. The van der Waals surface area contributed by atoms with Crippen LogP contribution in [-0.4, -0.2) is 18.4 Å². The van der Waals surface area contributed by atoms with Gasteiger partial charge in [-0.05, 0) is 54.5 Å². The molecule has 0 bridgehead atoms. The van der Waals surface area contributed by atoms with Crippen molar-refractivity contribution in [2.45, 2.75) is 50.4 Å². The molecule has 4 nitrogen and oxygen atoms in total. The van der Waals surface area contributed by atoms with Gasteiger partial charge in [0, 0.05) is 12.2 Å². The van der Waals surface area contributed by atoms with Crippen LogP contribution in [0.3, 0.4) is 0 Å². The number of carbonyl (C=O) groups is 2. The SMILES string of the molecule is CCCNC(=O)C1(c2ccc(NC(=O)C3Cc4ccccc43)cc2)CCC1. The maximum absolute atomic E-state index is 12.6. The van der Waals surface area contributed by atoms with Gasteiger partial charge in [0.2, 0.25) is 11.8 Å². The van der Waals surface area contributed by atoms with E-state index in [-0.39, 0.29) is 23.1 Å². The maximum Gasteiger partial charge on any atom is 0.232 e. The number of carbonyl (C=O) groups excluding carboxylic acids is 2. The summed E-state index contributed by atoms with van der Waals surface area (Å²) in [5.41, 5.74) is 3.85. The molecule has 4 heteroatoms. The topological polar surface area (TPSA) is 58.2 Å². The molecule has 2 aromatic carbocycles. The van der Waals surface area contributed by atoms with Crippen molar-refractivity contribution in [3.05, 3.63) is 65.2 Å². The number of hydrogen-bond acceptors (Lipinski definition) is 2. The third-order valence-corrected chi connectivity index (χ3v) is 6.05. The first-order chi connectivity index (χ1) is 13.1. The Morgan fingerprint density at radius 1 is 1.07 bits per heavy atom. The molecule has 1 saturated carbocycles. The lowest BCUT2D eigenvalue weighted by Crippen LogP contribution is -2.49. The normalized spacial score (nSPS) is 19.2. The fraction of sp³-hybridized carbons (Fsp3) is 0.391. The highest BCUT2D eigenvalue weighted by Gasteiger charge is 2.45. The number of anilines is 1. The van der Waals surface area contributed by atoms with Crippen LogP contribution in [0, 0.1) is 0 Å². The minimum atomic E-state index is -0.384. The van der Waals surface area contributed by atoms with Crippen LogP contribution in [0.2, 0.25) is 0 Å². The van der Waals surface area contributed by atoms with Gasteiger partial charge in [-0.15, -0.1) is 0 Å². The molecule has 140 valence electrons. The molecule has 27 heavy (non-hydrogen) atoms. The van der Waals surface area contributed by atoms with Gasteiger partial charge in [-0.25, -0.2) is 0 Å². The van der Waals surface area contributed by atoms with Crippen molar-refractivity contribution >= 4 is 17.5 Å². The first-order valence-corrected chi connectivity index (χ1v) is 9.91. The second kappa shape index (κ2) is 7.18. The Bertz CT molecular complexity index is 853. The number of hydrogen-bond donors (Lipinski definition) is 2. The summed E-state index contributed by atoms with van der Waals surface area (Å²) in [6.07, 6.45) is 4.62. The van der Waals surface area contributed by atoms with Gasteiger partial charge in [0.25, 0.3) is 0 Å². The number of amides is 2. The second-order valence-electron chi connectivity index (χ2n) is 7.71. The first-order valence-electron chi connectivity index (χ1n) is 9.91. The van der Waals surface area contributed by atoms with Crippen molar-refractivity contribution in [3.8, 4) is 0 Å². The molecular formula is C23H26N2O2. The Morgan fingerprint density at radius 2 is 1.81 bits per heavy atom. The van der Waals surface area contributed by atoms with Crippen LogP contribution in [0.15, 0.2) is 48.5 Å². The molecule has 4 rings (SSSR count). The Balaban J connectivity index is 1.43. The van der Waals surface area contributed by atoms with Crippen LogP contribution in [0.5, 0.6) is 0 Å². The van der Waals surface area contributed by atoms with Crippen molar-refractivity contribution in [2.24, 2.45) is 0 Å². The highest BCUT2D eigenvalue weighted by molar-refractivity contribution is 5.98. The summed E-state index contributed by atoms with van der Waals surface area (Å²) in [5, 5.41) is 6.07. The largest absolute Gasteiger partial charge is 0.355 e. The molecule has 1 unspecified atom stereocenters. The highest BCUT2D eigenvalue weighted by Crippen LogP contribution is 2.44. The molecule has 2 aliphatic carbocycles. The number of fused-ring (bicyclic) bond motifs is 1. The van der Waals surface area contributed by atoms with Gasteiger partial charge < -0.3 is 10.6 Å². The van der Waals surface area contributed by atoms with E-state index in [1.165, 1.54) is 5.56 Å². The Morgan fingerprint density at radius 3 is 2.44 bits per heavy atom. The molecular weight excluding hydrogens is 336 g/mol. The fourth-order valence-corrected chi connectivity index (χ4v) is 4.18. The van der Waals surface area contributed by atoms with Crippen molar-refractivity contribution in [1.82, 2.24) is 5.32 Å². The summed E-state index contributed by atoms with van der Waals surface area (Å²) in [5.74, 6) is 0.123. The van der Waals surface area contributed by atoms with Gasteiger partial charge >= 0.3 is 0 Å². The molecule has 0 radical (unpaired) electrons. The van der Waals surface area contributed by atoms with Crippen LogP contribution >= 0.6 is 0 Å². The van der Waals surface area contributed by atoms with Crippen LogP contribution < -0.4 is 10.6 Å². The lowest BCUT2D eigenvalue weighted by molar-refractivity contribution is -0.129. The minimum absolute atomic E-state index is 0.0421. The molecule has 2 amide bonds. The quantitative estimate of drug-likeness (QED) is 0.818. The monoisotopic (exact) mass is 362 g/mol. The highest BCUT2D eigenvalue weighted by atomic mass is 16.2. The summed E-state index contributed by atoms with van der Waals surface area (Å²) in [6, 6.07) is 15.9. The van der Waals surface area contributed by atoms with Crippen molar-refractivity contribution in [2.75, 3.05) is 11.9 Å². The lowest BCUT2D eigenvalue weighted by Gasteiger charge is -2.40. The Hall–Kier alpha value is -2.62. The van der Waals surface area contributed by atoms with E-state index in [1.807, 2.05) is 42.5 Å². The molecule has 0 spiro atoms. The predicted octanol–water partition coefficient (Wildman–Crippen LogP) is 3.91. The van der Waals surface area contributed by atoms with Crippen LogP contribution in [0.4, 0.5) is 5.69 Å². The van der Waals surface area contributed by atoms with Gasteiger partial charge in [-0.3, -0.25) is 9.59 Å². The third kappa shape index (κ3) is 3.14. The lowest BCUT2D eigenvalue weighted by atomic mass is 9.63. The minimum Gasteiger partial charge on any atom is -0.355 e. The summed E-state index contributed by atoms with van der Waals surface area (Å²) >= 11 is 0. The zero-order valence-electron chi connectivity index (χ0n) is 15.8. The fourth-order valence-electron chi connectivity index (χ4n) is 4.18. The van der Waals surface area contributed by atoms with E-state index < -0.39 is 0 Å². The Labute approximate surface area is 160 Å². The number of nitrogens with one attached hydrogen (secondary N) is 2. The van der Waals surface area contributed by atoms with Gasteiger partial charge in [0.1, 0.15) is 0 Å². The molecule has 0 heterocycles. The van der Waals surface area contributed by atoms with Crippen LogP contribution in [-0.2, 0) is 21.4 Å². The first kappa shape index (κ1) is 17.8. The Kier molecular flexibility index (Phi) is 4.73. The van der Waals surface area contributed by atoms with Gasteiger partial charge in [0.15, 0.2) is 0 Å². The molecule has 0 saturated heterocycles. The van der Waals surface area contributed by atoms with Gasteiger partial charge in [-0.1, -0.05) is 49.7 Å². The van der Waals surface area contributed by atoms with Gasteiger partial charge in [-0.2, -0.15) is 0 Å². The zero-order chi connectivity index (χ0) is 18.9. The molecule has 2 aliphatic rings. The molecule has 2 aromatic rings. The summed E-state index contributed by atoms with van der Waals surface area (Å²) in [7, 11) is 0. The molecule has 0 aliphatic heterocycles. The summed E-state index contributed by atoms with van der Waals surface area (Å²) in [6.45, 7) is 2.78. The third-order valence-electron chi connectivity index (χ3n) is 6.05. The molecule has 1 atom stereocenters. The summed E-state index contributed by atoms with van der Waals surface area (Å²) in [4.78, 5) is 25.2. The summed E-state index contributed by atoms with van der Waals surface area (Å²) < 4.78 is 0. The molecule has 2 N–H and O–H groups in total. The predicted molar refractivity (Wildman–Crippen MR) is 107 cm³/mol. The smallest absolute Gasteiger partial charge is 0.232 e. The van der Waals surface area contributed by atoms with E-state index in [1.54, 1.807) is 0 Å². The molecule has 1 fully saturated rings. The maximum atomic E-state index is 12.6. The second-order valence-corrected chi connectivity index (χ2v) is 7.71. The number of benzene rings is 2. The van der Waals surface area contributed by atoms with E-state index in [0.717, 1.165) is 55.5 Å². The van der Waals surface area contributed by atoms with Gasteiger partial charge in [0.05, 0.1) is 11.3 Å². The number of rotatable bonds is 6. The zero-order valence-corrected chi connectivity index (χ0v) is 15.8. The van der Waals surface area contributed by atoms with E-state index in [4.69, 9.17) is 0 Å². The standard InChI is InChI=1S/C23H26N2O2/c1-2-14-24-22(27)23(12-5-13-23)17-8-10-18(11-9-17)25-21(26)20-15-16-6-3-4-7-19(16)20/h3-4,6-11,20H,2,5,12-15H2,1H3,(H,24,27)(H,25,26). The van der Waals surface area contributed by atoms with E-state index in [9.17, 15) is 9.59 Å².